The van der Waals surface area contributed by atoms with E-state index in [0.29, 0.717) is 12.4 Å². The van der Waals surface area contributed by atoms with Gasteiger partial charge in [-0.25, -0.2) is 4.98 Å². The number of aromatic nitrogens is 1. The zero-order chi connectivity index (χ0) is 11.5. The van der Waals surface area contributed by atoms with Gasteiger partial charge in [-0.3, -0.25) is 4.79 Å². The van der Waals surface area contributed by atoms with E-state index in [4.69, 9.17) is 5.73 Å². The molecule has 0 saturated carbocycles. The molecule has 82 valence electrons. The van der Waals surface area contributed by atoms with Gasteiger partial charge in [0.2, 0.25) is 5.91 Å². The van der Waals surface area contributed by atoms with Gasteiger partial charge >= 0.3 is 0 Å². The molecule has 1 amide bonds. The van der Waals surface area contributed by atoms with Crippen LogP contribution < -0.4 is 11.1 Å². The van der Waals surface area contributed by atoms with Crippen molar-refractivity contribution in [1.82, 2.24) is 4.98 Å². The smallest absolute Gasteiger partial charge is 0.222 e. The normalized spacial score (nSPS) is 10.4. The standard InChI is InChI=1S/C12H13N3O/c1-8(16)14-12-5-4-10-3-2-9(7-13)6-11(10)15-12/h2-6H,7,13H2,1H3,(H,14,15,16). The second-order valence-electron chi connectivity index (χ2n) is 3.61. The molecule has 2 rings (SSSR count). The van der Waals surface area contributed by atoms with E-state index in [9.17, 15) is 4.79 Å². The minimum Gasteiger partial charge on any atom is -0.326 e. The third kappa shape index (κ3) is 2.17. The molecule has 0 fully saturated rings. The number of carbonyl (C=O) groups is 1. The van der Waals surface area contributed by atoms with Crippen LogP contribution in [0, 0.1) is 0 Å². The number of nitrogens with two attached hydrogens (primary N) is 1. The molecular formula is C12H13N3O. The minimum atomic E-state index is -0.123. The predicted molar refractivity (Wildman–Crippen MR) is 63.9 cm³/mol. The lowest BCUT2D eigenvalue weighted by Crippen LogP contribution is -2.07. The van der Waals surface area contributed by atoms with Gasteiger partial charge in [-0.2, -0.15) is 0 Å². The summed E-state index contributed by atoms with van der Waals surface area (Å²) in [5.41, 5.74) is 7.43. The van der Waals surface area contributed by atoms with Gasteiger partial charge in [-0.05, 0) is 23.8 Å². The number of benzene rings is 1. The first-order chi connectivity index (χ1) is 7.69. The third-order valence-electron chi connectivity index (χ3n) is 2.30. The Balaban J connectivity index is 2.46. The fourth-order valence-corrected chi connectivity index (χ4v) is 1.54. The maximum atomic E-state index is 10.9. The largest absolute Gasteiger partial charge is 0.326 e. The number of pyridine rings is 1. The van der Waals surface area contributed by atoms with Crippen molar-refractivity contribution in [3.63, 3.8) is 0 Å². The van der Waals surface area contributed by atoms with E-state index in [2.05, 4.69) is 10.3 Å². The van der Waals surface area contributed by atoms with Crippen molar-refractivity contribution in [3.05, 3.63) is 35.9 Å². The van der Waals surface area contributed by atoms with E-state index in [1.807, 2.05) is 24.3 Å². The fourth-order valence-electron chi connectivity index (χ4n) is 1.54. The summed E-state index contributed by atoms with van der Waals surface area (Å²) in [6.07, 6.45) is 0. The second-order valence-corrected chi connectivity index (χ2v) is 3.61. The number of rotatable bonds is 2. The molecule has 16 heavy (non-hydrogen) atoms. The van der Waals surface area contributed by atoms with Crippen LogP contribution in [0.2, 0.25) is 0 Å². The number of carbonyl (C=O) groups excluding carboxylic acids is 1. The summed E-state index contributed by atoms with van der Waals surface area (Å²) >= 11 is 0. The van der Waals surface area contributed by atoms with Crippen molar-refractivity contribution in [2.24, 2.45) is 5.73 Å². The summed E-state index contributed by atoms with van der Waals surface area (Å²) in [6, 6.07) is 9.59. The molecule has 2 aromatic rings. The summed E-state index contributed by atoms with van der Waals surface area (Å²) in [5, 5.41) is 3.69. The Morgan fingerprint density at radius 2 is 2.12 bits per heavy atom. The third-order valence-corrected chi connectivity index (χ3v) is 2.30. The van der Waals surface area contributed by atoms with Crippen molar-refractivity contribution >= 4 is 22.6 Å². The first-order valence-corrected chi connectivity index (χ1v) is 5.06. The average molecular weight is 215 g/mol. The molecule has 0 aliphatic heterocycles. The zero-order valence-electron chi connectivity index (χ0n) is 9.03. The summed E-state index contributed by atoms with van der Waals surface area (Å²) in [6.45, 7) is 1.95. The number of hydrogen-bond donors (Lipinski definition) is 2. The Morgan fingerprint density at radius 3 is 2.81 bits per heavy atom. The van der Waals surface area contributed by atoms with Crippen molar-refractivity contribution in [2.75, 3.05) is 5.32 Å². The van der Waals surface area contributed by atoms with Crippen LogP contribution in [0.4, 0.5) is 5.82 Å². The Labute approximate surface area is 93.5 Å². The van der Waals surface area contributed by atoms with Gasteiger partial charge in [-0.1, -0.05) is 12.1 Å². The summed E-state index contributed by atoms with van der Waals surface area (Å²) in [7, 11) is 0. The van der Waals surface area contributed by atoms with Gasteiger partial charge in [0.05, 0.1) is 5.52 Å². The van der Waals surface area contributed by atoms with Crippen LogP contribution >= 0.6 is 0 Å². The number of anilines is 1. The Morgan fingerprint density at radius 1 is 1.38 bits per heavy atom. The molecule has 3 N–H and O–H groups in total. The molecule has 1 aromatic heterocycles. The van der Waals surface area contributed by atoms with Gasteiger partial charge in [0.1, 0.15) is 5.82 Å². The molecule has 0 radical (unpaired) electrons. The molecule has 4 heteroatoms. The quantitative estimate of drug-likeness (QED) is 0.800. The Hall–Kier alpha value is -1.94. The fraction of sp³-hybridized carbons (Fsp3) is 0.167. The first kappa shape index (κ1) is 10.6. The summed E-state index contributed by atoms with van der Waals surface area (Å²) in [5.74, 6) is 0.441. The highest BCUT2D eigenvalue weighted by Crippen LogP contribution is 2.16. The molecule has 1 heterocycles. The van der Waals surface area contributed by atoms with Crippen LogP contribution in [0.25, 0.3) is 10.9 Å². The van der Waals surface area contributed by atoms with E-state index >= 15 is 0 Å². The van der Waals surface area contributed by atoms with Crippen molar-refractivity contribution in [1.29, 1.82) is 0 Å². The van der Waals surface area contributed by atoms with Crippen LogP contribution in [-0.4, -0.2) is 10.9 Å². The summed E-state index contributed by atoms with van der Waals surface area (Å²) in [4.78, 5) is 15.2. The molecule has 0 spiro atoms. The number of hydrogen-bond acceptors (Lipinski definition) is 3. The zero-order valence-corrected chi connectivity index (χ0v) is 9.03. The van der Waals surface area contributed by atoms with E-state index in [1.54, 1.807) is 6.07 Å². The molecule has 0 atom stereocenters. The van der Waals surface area contributed by atoms with Crippen molar-refractivity contribution < 1.29 is 4.79 Å². The lowest BCUT2D eigenvalue weighted by atomic mass is 10.1. The molecule has 0 aliphatic rings. The van der Waals surface area contributed by atoms with Crippen LogP contribution in [0.15, 0.2) is 30.3 Å². The van der Waals surface area contributed by atoms with Crippen LogP contribution in [0.5, 0.6) is 0 Å². The maximum Gasteiger partial charge on any atom is 0.222 e. The molecular weight excluding hydrogens is 202 g/mol. The Bertz CT molecular complexity index is 537. The van der Waals surface area contributed by atoms with Gasteiger partial charge in [0.15, 0.2) is 0 Å². The minimum absolute atomic E-state index is 0.123. The average Bonchev–Trinajstić information content (AvgIpc) is 2.27. The van der Waals surface area contributed by atoms with Crippen LogP contribution in [-0.2, 0) is 11.3 Å². The molecule has 0 aliphatic carbocycles. The number of nitrogens with one attached hydrogen (secondary N) is 1. The van der Waals surface area contributed by atoms with Gasteiger partial charge in [0, 0.05) is 18.9 Å². The second kappa shape index (κ2) is 4.28. The highest BCUT2D eigenvalue weighted by atomic mass is 16.1. The van der Waals surface area contributed by atoms with Gasteiger partial charge in [-0.15, -0.1) is 0 Å². The van der Waals surface area contributed by atoms with Gasteiger partial charge in [0.25, 0.3) is 0 Å². The number of nitrogens with zero attached hydrogens (tertiary/aromatic N) is 1. The number of amides is 1. The highest BCUT2D eigenvalue weighted by Gasteiger charge is 2.00. The monoisotopic (exact) mass is 215 g/mol. The topological polar surface area (TPSA) is 68.0 Å². The van der Waals surface area contributed by atoms with Crippen molar-refractivity contribution in [3.8, 4) is 0 Å². The first-order valence-electron chi connectivity index (χ1n) is 5.06. The van der Waals surface area contributed by atoms with E-state index in [1.165, 1.54) is 6.92 Å². The van der Waals surface area contributed by atoms with E-state index in [-0.39, 0.29) is 5.91 Å². The van der Waals surface area contributed by atoms with Crippen molar-refractivity contribution in [2.45, 2.75) is 13.5 Å². The van der Waals surface area contributed by atoms with Gasteiger partial charge < -0.3 is 11.1 Å². The highest BCUT2D eigenvalue weighted by molar-refractivity contribution is 5.89. The predicted octanol–water partition coefficient (Wildman–Crippen LogP) is 1.65. The molecule has 0 saturated heterocycles. The molecule has 1 aromatic carbocycles. The molecule has 0 unspecified atom stereocenters. The van der Waals surface area contributed by atoms with Crippen LogP contribution in [0.1, 0.15) is 12.5 Å². The summed E-state index contributed by atoms with van der Waals surface area (Å²) < 4.78 is 0. The van der Waals surface area contributed by atoms with E-state index < -0.39 is 0 Å². The van der Waals surface area contributed by atoms with Crippen LogP contribution in [0.3, 0.4) is 0 Å². The Kier molecular flexibility index (Phi) is 2.83. The SMILES string of the molecule is CC(=O)Nc1ccc2ccc(CN)cc2n1. The molecule has 0 bridgehead atoms. The number of fused-ring (bicyclic) bond motifs is 1. The maximum absolute atomic E-state index is 10.9. The van der Waals surface area contributed by atoms with E-state index in [0.717, 1.165) is 16.5 Å². The molecule has 4 nitrogen and oxygen atoms in total. The lowest BCUT2D eigenvalue weighted by molar-refractivity contribution is -0.114. The lowest BCUT2D eigenvalue weighted by Gasteiger charge is -2.04.